The second-order valence-corrected chi connectivity index (χ2v) is 10.3. The number of carbonyl (C=O) groups is 1. The monoisotopic (exact) mass is 480 g/mol. The van der Waals surface area contributed by atoms with E-state index in [4.69, 9.17) is 11.6 Å². The molecule has 1 saturated heterocycles. The van der Waals surface area contributed by atoms with Gasteiger partial charge < -0.3 is 4.98 Å². The highest BCUT2D eigenvalue weighted by Gasteiger charge is 2.39. The number of hydrogen-bond donors (Lipinski definition) is 2. The Balaban J connectivity index is 1.32. The Morgan fingerprint density at radius 3 is 2.64 bits per heavy atom. The first-order valence-corrected chi connectivity index (χ1v) is 12.4. The number of carbonyl (C=O) groups excluding carboxylic acids is 1. The smallest absolute Gasteiger partial charge is 0.258 e. The molecule has 0 radical (unpaired) electrons. The fraction of sp³-hybridized carbons (Fsp3) is 0.167. The predicted octanol–water partition coefficient (Wildman–Crippen LogP) is 4.28. The minimum atomic E-state index is -3.81. The van der Waals surface area contributed by atoms with Crippen molar-refractivity contribution >= 4 is 55.6 Å². The molecule has 1 atom stereocenters. The summed E-state index contributed by atoms with van der Waals surface area (Å²) < 4.78 is 27.3. The summed E-state index contributed by atoms with van der Waals surface area (Å²) in [6.07, 6.45) is 2.60. The van der Waals surface area contributed by atoms with Crippen molar-refractivity contribution in [2.75, 3.05) is 6.54 Å². The van der Waals surface area contributed by atoms with Crippen LogP contribution >= 0.6 is 11.6 Å². The van der Waals surface area contributed by atoms with E-state index < -0.39 is 22.0 Å². The lowest BCUT2D eigenvalue weighted by Crippen LogP contribution is -2.44. The maximum atomic E-state index is 13.0. The molecule has 0 saturated carbocycles. The summed E-state index contributed by atoms with van der Waals surface area (Å²) in [5, 5.41) is 6.71. The summed E-state index contributed by atoms with van der Waals surface area (Å²) in [7, 11) is -3.81. The molecule has 9 heteroatoms. The Kier molecular flexibility index (Phi) is 5.65. The van der Waals surface area contributed by atoms with E-state index in [0.717, 1.165) is 27.4 Å². The number of para-hydroxylation sites is 1. The Hall–Kier alpha value is -3.20. The van der Waals surface area contributed by atoms with E-state index >= 15 is 0 Å². The number of halogens is 1. The van der Waals surface area contributed by atoms with Gasteiger partial charge in [0, 0.05) is 33.4 Å². The quantitative estimate of drug-likeness (QED) is 0.330. The van der Waals surface area contributed by atoms with Crippen molar-refractivity contribution < 1.29 is 13.2 Å². The first-order chi connectivity index (χ1) is 15.9. The molecule has 168 valence electrons. The average Bonchev–Trinajstić information content (AvgIpc) is 3.45. The Labute approximate surface area is 196 Å². The molecule has 33 heavy (non-hydrogen) atoms. The standard InChI is InChI=1S/C24H21ClN4O3S/c25-17-8-10-18(11-9-17)33(31,32)29-13-3-6-23(29)24(30)28-26-15-16-7-12-22-20(14-16)19-4-1-2-5-21(19)27-22/h1-2,4-5,7-12,14-15,23,27H,3,6,13H2,(H,28,30)/b26-15-/t23-/m1/s1. The minimum Gasteiger partial charge on any atom is -0.355 e. The molecule has 7 nitrogen and oxygen atoms in total. The minimum absolute atomic E-state index is 0.113. The zero-order valence-electron chi connectivity index (χ0n) is 17.5. The Morgan fingerprint density at radius 2 is 1.82 bits per heavy atom. The maximum Gasteiger partial charge on any atom is 0.258 e. The topological polar surface area (TPSA) is 94.6 Å². The summed E-state index contributed by atoms with van der Waals surface area (Å²) in [6.45, 7) is 0.282. The molecular formula is C24H21ClN4O3S. The number of fused-ring (bicyclic) bond motifs is 3. The summed E-state index contributed by atoms with van der Waals surface area (Å²) in [4.78, 5) is 16.2. The van der Waals surface area contributed by atoms with E-state index in [-0.39, 0.29) is 11.4 Å². The van der Waals surface area contributed by atoms with Gasteiger partial charge in [0.15, 0.2) is 0 Å². The molecule has 1 fully saturated rings. The molecule has 2 N–H and O–H groups in total. The Morgan fingerprint density at radius 1 is 1.06 bits per heavy atom. The van der Waals surface area contributed by atoms with Gasteiger partial charge in [0.1, 0.15) is 6.04 Å². The number of hydrogen-bond acceptors (Lipinski definition) is 4. The molecule has 1 aromatic heterocycles. The number of aromatic nitrogens is 1. The van der Waals surface area contributed by atoms with Gasteiger partial charge in [-0.3, -0.25) is 4.79 Å². The lowest BCUT2D eigenvalue weighted by molar-refractivity contribution is -0.124. The molecule has 1 amide bonds. The zero-order valence-corrected chi connectivity index (χ0v) is 19.1. The highest BCUT2D eigenvalue weighted by atomic mass is 35.5. The lowest BCUT2D eigenvalue weighted by Gasteiger charge is -2.22. The average molecular weight is 481 g/mol. The third-order valence-electron chi connectivity index (χ3n) is 5.85. The van der Waals surface area contributed by atoms with E-state index in [2.05, 4.69) is 15.5 Å². The number of amides is 1. The first kappa shape index (κ1) is 21.6. The predicted molar refractivity (Wildman–Crippen MR) is 130 cm³/mol. The summed E-state index contributed by atoms with van der Waals surface area (Å²) in [6, 6.07) is 19.0. The molecule has 0 spiro atoms. The highest BCUT2D eigenvalue weighted by Crippen LogP contribution is 2.27. The molecular weight excluding hydrogens is 460 g/mol. The third kappa shape index (κ3) is 4.13. The van der Waals surface area contributed by atoms with Crippen molar-refractivity contribution in [1.29, 1.82) is 0 Å². The number of H-pyrrole nitrogens is 1. The van der Waals surface area contributed by atoms with Crippen molar-refractivity contribution in [3.8, 4) is 0 Å². The molecule has 0 aliphatic carbocycles. The van der Waals surface area contributed by atoms with Gasteiger partial charge in [-0.15, -0.1) is 0 Å². The van der Waals surface area contributed by atoms with Crippen LogP contribution < -0.4 is 5.43 Å². The molecule has 1 aliphatic heterocycles. The van der Waals surface area contributed by atoms with Crippen LogP contribution in [0, 0.1) is 0 Å². The van der Waals surface area contributed by atoms with Crippen molar-refractivity contribution in [2.24, 2.45) is 5.10 Å². The number of rotatable bonds is 5. The van der Waals surface area contributed by atoms with E-state index in [9.17, 15) is 13.2 Å². The van der Waals surface area contributed by atoms with Crippen LogP contribution in [0.15, 0.2) is 76.7 Å². The van der Waals surface area contributed by atoms with Gasteiger partial charge in [0.25, 0.3) is 5.91 Å². The van der Waals surface area contributed by atoms with Crippen LogP contribution in [0.25, 0.3) is 21.8 Å². The lowest BCUT2D eigenvalue weighted by atomic mass is 10.1. The van der Waals surface area contributed by atoms with Crippen molar-refractivity contribution in [3.05, 3.63) is 77.3 Å². The van der Waals surface area contributed by atoms with Crippen LogP contribution in [0.3, 0.4) is 0 Å². The van der Waals surface area contributed by atoms with Gasteiger partial charge in [0.2, 0.25) is 10.0 Å². The number of aromatic amines is 1. The van der Waals surface area contributed by atoms with Gasteiger partial charge in [0.05, 0.1) is 11.1 Å². The summed E-state index contributed by atoms with van der Waals surface area (Å²) in [5.41, 5.74) is 5.41. The van der Waals surface area contributed by atoms with Crippen molar-refractivity contribution in [3.63, 3.8) is 0 Å². The normalized spacial score (nSPS) is 17.3. The van der Waals surface area contributed by atoms with Crippen LogP contribution in [0.2, 0.25) is 5.02 Å². The number of benzene rings is 3. The maximum absolute atomic E-state index is 13.0. The van der Waals surface area contributed by atoms with E-state index in [1.54, 1.807) is 6.21 Å². The summed E-state index contributed by atoms with van der Waals surface area (Å²) >= 11 is 5.87. The highest BCUT2D eigenvalue weighted by molar-refractivity contribution is 7.89. The number of sulfonamides is 1. The van der Waals surface area contributed by atoms with Gasteiger partial charge in [-0.1, -0.05) is 35.9 Å². The molecule has 0 unspecified atom stereocenters. The molecule has 2 heterocycles. The van der Waals surface area contributed by atoms with E-state index in [1.807, 2.05) is 42.5 Å². The van der Waals surface area contributed by atoms with Gasteiger partial charge in [-0.25, -0.2) is 13.8 Å². The number of nitrogens with zero attached hydrogens (tertiary/aromatic N) is 2. The van der Waals surface area contributed by atoms with Gasteiger partial charge >= 0.3 is 0 Å². The molecule has 1 aliphatic rings. The first-order valence-electron chi connectivity index (χ1n) is 10.5. The number of nitrogens with one attached hydrogen (secondary N) is 2. The molecule has 0 bridgehead atoms. The SMILES string of the molecule is O=C(N/N=C\c1ccc2[nH]c3ccccc3c2c1)[C@H]1CCCN1S(=O)(=O)c1ccc(Cl)cc1. The largest absolute Gasteiger partial charge is 0.355 e. The second-order valence-electron chi connectivity index (χ2n) is 7.94. The van der Waals surface area contributed by atoms with Gasteiger partial charge in [-0.05, 0) is 60.9 Å². The summed E-state index contributed by atoms with van der Waals surface area (Å²) in [5.74, 6) is -0.450. The van der Waals surface area contributed by atoms with Crippen LogP contribution in [-0.2, 0) is 14.8 Å². The van der Waals surface area contributed by atoms with Gasteiger partial charge in [-0.2, -0.15) is 9.41 Å². The fourth-order valence-electron chi connectivity index (χ4n) is 4.22. The number of hydrazone groups is 1. The third-order valence-corrected chi connectivity index (χ3v) is 8.02. The van der Waals surface area contributed by atoms with Crippen LogP contribution in [0.1, 0.15) is 18.4 Å². The second kappa shape index (κ2) is 8.62. The van der Waals surface area contributed by atoms with Crippen LogP contribution in [-0.4, -0.2) is 42.4 Å². The van der Waals surface area contributed by atoms with Crippen LogP contribution in [0.4, 0.5) is 0 Å². The Bertz CT molecular complexity index is 1480. The van der Waals surface area contributed by atoms with Crippen molar-refractivity contribution in [2.45, 2.75) is 23.8 Å². The van der Waals surface area contributed by atoms with Crippen molar-refractivity contribution in [1.82, 2.24) is 14.7 Å². The molecule has 4 aromatic rings. The molecule has 3 aromatic carbocycles. The molecule has 5 rings (SSSR count). The zero-order chi connectivity index (χ0) is 23.0. The fourth-order valence-corrected chi connectivity index (χ4v) is 6.01. The van der Waals surface area contributed by atoms with E-state index in [1.165, 1.54) is 28.6 Å². The van der Waals surface area contributed by atoms with E-state index in [0.29, 0.717) is 17.9 Å². The van der Waals surface area contributed by atoms with Crippen LogP contribution in [0.5, 0.6) is 0 Å².